The zero-order valence-corrected chi connectivity index (χ0v) is 12.5. The molecule has 2 heterocycles. The summed E-state index contributed by atoms with van der Waals surface area (Å²) in [6.07, 6.45) is 0. The van der Waals surface area contributed by atoms with E-state index < -0.39 is 0 Å². The molecule has 1 aromatic carbocycles. The normalized spacial score (nSPS) is 19.1. The van der Waals surface area contributed by atoms with Crippen molar-refractivity contribution in [3.63, 3.8) is 0 Å². The number of benzene rings is 1. The molecule has 0 amide bonds. The SMILES string of the molecule is CN1CCN(CCNCc2cc3c(cc2O)OCO3)CC1. The summed E-state index contributed by atoms with van der Waals surface area (Å²) in [5, 5.41) is 13.3. The van der Waals surface area contributed by atoms with Crippen LogP contribution in [0.15, 0.2) is 12.1 Å². The molecule has 0 atom stereocenters. The maximum absolute atomic E-state index is 9.96. The van der Waals surface area contributed by atoms with Gasteiger partial charge in [-0.25, -0.2) is 0 Å². The summed E-state index contributed by atoms with van der Waals surface area (Å²) in [6.45, 7) is 7.37. The number of nitrogens with one attached hydrogen (secondary N) is 1. The highest BCUT2D eigenvalue weighted by Gasteiger charge is 2.17. The first-order valence-corrected chi connectivity index (χ1v) is 7.45. The van der Waals surface area contributed by atoms with Gasteiger partial charge in [0, 0.05) is 57.4 Å². The molecular formula is C15H23N3O3. The number of fused-ring (bicyclic) bond motifs is 1. The van der Waals surface area contributed by atoms with Gasteiger partial charge in [0.1, 0.15) is 5.75 Å². The number of ether oxygens (including phenoxy) is 2. The van der Waals surface area contributed by atoms with E-state index in [1.807, 2.05) is 6.07 Å². The van der Waals surface area contributed by atoms with E-state index in [1.165, 1.54) is 0 Å². The minimum absolute atomic E-state index is 0.231. The molecule has 2 N–H and O–H groups in total. The van der Waals surface area contributed by atoms with E-state index in [9.17, 15) is 5.11 Å². The molecule has 3 rings (SSSR count). The average Bonchev–Trinajstić information content (AvgIpc) is 2.92. The summed E-state index contributed by atoms with van der Waals surface area (Å²) in [7, 11) is 2.16. The van der Waals surface area contributed by atoms with Crippen LogP contribution >= 0.6 is 0 Å². The van der Waals surface area contributed by atoms with Crippen molar-refractivity contribution < 1.29 is 14.6 Å². The van der Waals surface area contributed by atoms with Gasteiger partial charge in [0.25, 0.3) is 0 Å². The molecule has 6 heteroatoms. The Balaban J connectivity index is 1.43. The van der Waals surface area contributed by atoms with Crippen LogP contribution in [0.5, 0.6) is 17.2 Å². The molecule has 6 nitrogen and oxygen atoms in total. The molecule has 0 bridgehead atoms. The van der Waals surface area contributed by atoms with E-state index >= 15 is 0 Å². The van der Waals surface area contributed by atoms with E-state index in [2.05, 4.69) is 22.2 Å². The molecule has 0 radical (unpaired) electrons. The molecule has 0 aliphatic carbocycles. The van der Waals surface area contributed by atoms with Crippen molar-refractivity contribution in [3.05, 3.63) is 17.7 Å². The third-order valence-corrected chi connectivity index (χ3v) is 4.09. The Morgan fingerprint density at radius 1 is 1.14 bits per heavy atom. The predicted octanol–water partition coefficient (Wildman–Crippen LogP) is 0.458. The molecule has 116 valence electrons. The van der Waals surface area contributed by atoms with Crippen LogP contribution in [0.1, 0.15) is 5.56 Å². The van der Waals surface area contributed by atoms with Crippen LogP contribution in [0, 0.1) is 0 Å². The molecular weight excluding hydrogens is 270 g/mol. The van der Waals surface area contributed by atoms with Gasteiger partial charge in [-0.15, -0.1) is 0 Å². The van der Waals surface area contributed by atoms with Gasteiger partial charge in [-0.2, -0.15) is 0 Å². The number of hydrogen-bond acceptors (Lipinski definition) is 6. The standard InChI is InChI=1S/C15H23N3O3/c1-17-4-6-18(7-5-17)3-2-16-10-12-8-14-15(9-13(12)19)21-11-20-14/h8-9,16,19H,2-7,10-11H2,1H3. The number of phenols is 1. The van der Waals surface area contributed by atoms with Gasteiger partial charge in [0.05, 0.1) is 0 Å². The zero-order valence-electron chi connectivity index (χ0n) is 12.5. The molecule has 21 heavy (non-hydrogen) atoms. The van der Waals surface area contributed by atoms with Crippen LogP contribution in [-0.4, -0.2) is 68.0 Å². The third kappa shape index (κ3) is 3.58. The van der Waals surface area contributed by atoms with E-state index in [0.717, 1.165) is 44.8 Å². The summed E-state index contributed by atoms with van der Waals surface area (Å²) in [5.41, 5.74) is 0.845. The highest BCUT2D eigenvalue weighted by Crippen LogP contribution is 2.37. The van der Waals surface area contributed by atoms with Gasteiger partial charge in [-0.05, 0) is 13.1 Å². The first kappa shape index (κ1) is 14.4. The Hall–Kier alpha value is -1.50. The Morgan fingerprint density at radius 3 is 2.62 bits per heavy atom. The fraction of sp³-hybridized carbons (Fsp3) is 0.600. The maximum atomic E-state index is 9.96. The Kier molecular flexibility index (Phi) is 4.48. The molecule has 1 aromatic rings. The van der Waals surface area contributed by atoms with Gasteiger partial charge in [0.2, 0.25) is 6.79 Å². The van der Waals surface area contributed by atoms with Crippen LogP contribution < -0.4 is 14.8 Å². The lowest BCUT2D eigenvalue weighted by Crippen LogP contribution is -2.46. The van der Waals surface area contributed by atoms with Crippen molar-refractivity contribution in [1.82, 2.24) is 15.1 Å². The molecule has 0 aromatic heterocycles. The summed E-state index contributed by atoms with van der Waals surface area (Å²) in [5.74, 6) is 1.59. The summed E-state index contributed by atoms with van der Waals surface area (Å²) >= 11 is 0. The fourth-order valence-corrected chi connectivity index (χ4v) is 2.65. The Labute approximate surface area is 125 Å². The Bertz CT molecular complexity index is 487. The molecule has 1 saturated heterocycles. The lowest BCUT2D eigenvalue weighted by molar-refractivity contribution is 0.154. The molecule has 0 spiro atoms. The lowest BCUT2D eigenvalue weighted by atomic mass is 10.1. The number of aromatic hydroxyl groups is 1. The van der Waals surface area contributed by atoms with Crippen molar-refractivity contribution in [1.29, 1.82) is 0 Å². The zero-order chi connectivity index (χ0) is 14.7. The number of nitrogens with zero attached hydrogens (tertiary/aromatic N) is 2. The summed E-state index contributed by atoms with van der Waals surface area (Å²) in [6, 6.07) is 3.47. The van der Waals surface area contributed by atoms with Gasteiger partial charge in [-0.3, -0.25) is 4.90 Å². The minimum Gasteiger partial charge on any atom is -0.507 e. The van der Waals surface area contributed by atoms with Gasteiger partial charge < -0.3 is 24.8 Å². The molecule has 0 unspecified atom stereocenters. The smallest absolute Gasteiger partial charge is 0.231 e. The van der Waals surface area contributed by atoms with Crippen molar-refractivity contribution in [2.75, 3.05) is 53.1 Å². The van der Waals surface area contributed by atoms with Gasteiger partial charge >= 0.3 is 0 Å². The predicted molar refractivity (Wildman–Crippen MR) is 79.9 cm³/mol. The average molecular weight is 293 g/mol. The third-order valence-electron chi connectivity index (χ3n) is 4.09. The quantitative estimate of drug-likeness (QED) is 0.769. The second-order valence-electron chi connectivity index (χ2n) is 5.66. The lowest BCUT2D eigenvalue weighted by Gasteiger charge is -2.32. The molecule has 2 aliphatic heterocycles. The number of hydrogen-bond donors (Lipinski definition) is 2. The number of likely N-dealkylation sites (N-methyl/N-ethyl adjacent to an activating group) is 1. The van der Waals surface area contributed by atoms with E-state index in [1.54, 1.807) is 6.07 Å². The van der Waals surface area contributed by atoms with Crippen LogP contribution in [-0.2, 0) is 6.54 Å². The number of phenolic OH excluding ortho intramolecular Hbond substituents is 1. The van der Waals surface area contributed by atoms with E-state index in [-0.39, 0.29) is 12.5 Å². The number of rotatable bonds is 5. The van der Waals surface area contributed by atoms with Crippen LogP contribution in [0.4, 0.5) is 0 Å². The second-order valence-corrected chi connectivity index (χ2v) is 5.66. The van der Waals surface area contributed by atoms with Crippen molar-refractivity contribution >= 4 is 0 Å². The summed E-state index contributed by atoms with van der Waals surface area (Å²) in [4.78, 5) is 4.82. The first-order valence-electron chi connectivity index (χ1n) is 7.45. The van der Waals surface area contributed by atoms with Gasteiger partial charge in [0.15, 0.2) is 11.5 Å². The van der Waals surface area contributed by atoms with Gasteiger partial charge in [-0.1, -0.05) is 0 Å². The minimum atomic E-state index is 0.231. The van der Waals surface area contributed by atoms with E-state index in [4.69, 9.17) is 9.47 Å². The molecule has 1 fully saturated rings. The highest BCUT2D eigenvalue weighted by molar-refractivity contribution is 5.51. The van der Waals surface area contributed by atoms with E-state index in [0.29, 0.717) is 18.0 Å². The second kappa shape index (κ2) is 6.51. The highest BCUT2D eigenvalue weighted by atomic mass is 16.7. The Morgan fingerprint density at radius 2 is 1.86 bits per heavy atom. The summed E-state index contributed by atoms with van der Waals surface area (Å²) < 4.78 is 10.6. The van der Waals surface area contributed by atoms with Crippen LogP contribution in [0.3, 0.4) is 0 Å². The van der Waals surface area contributed by atoms with Crippen LogP contribution in [0.25, 0.3) is 0 Å². The number of piperazine rings is 1. The molecule has 0 saturated carbocycles. The molecule has 2 aliphatic rings. The monoisotopic (exact) mass is 293 g/mol. The van der Waals surface area contributed by atoms with Crippen molar-refractivity contribution in [3.8, 4) is 17.2 Å². The first-order chi connectivity index (χ1) is 10.2. The van der Waals surface area contributed by atoms with Crippen LogP contribution in [0.2, 0.25) is 0 Å². The maximum Gasteiger partial charge on any atom is 0.231 e. The van der Waals surface area contributed by atoms with Crippen molar-refractivity contribution in [2.45, 2.75) is 6.54 Å². The van der Waals surface area contributed by atoms with Crippen molar-refractivity contribution in [2.24, 2.45) is 0 Å². The topological polar surface area (TPSA) is 57.2 Å². The largest absolute Gasteiger partial charge is 0.507 e. The fourth-order valence-electron chi connectivity index (χ4n) is 2.65.